The summed E-state index contributed by atoms with van der Waals surface area (Å²) in [6.45, 7) is 5.97. The molecule has 0 aliphatic heterocycles. The van der Waals surface area contributed by atoms with E-state index >= 15 is 0 Å². The van der Waals surface area contributed by atoms with E-state index in [0.29, 0.717) is 39.5 Å². The molecule has 2 amide bonds. The molecule has 8 nitrogen and oxygen atoms in total. The summed E-state index contributed by atoms with van der Waals surface area (Å²) in [5.41, 5.74) is 0.937. The topological polar surface area (TPSA) is 98.1 Å². The number of carbonyl (C=O) groups is 2. The van der Waals surface area contributed by atoms with Crippen molar-refractivity contribution in [2.45, 2.75) is 24.7 Å². The number of methoxy groups -OCH3 is 1. The van der Waals surface area contributed by atoms with Gasteiger partial charge < -0.3 is 19.9 Å². The number of benzene rings is 2. The SMILES string of the molecule is C=CCn1c(SCC(=O)Nc2cccc(OC)c2)nnc1[C@@H](C)NC(=O)c1ccc(Cl)cc1Cl. The number of amides is 2. The average molecular weight is 520 g/mol. The van der Waals surface area contributed by atoms with Crippen LogP contribution in [0.5, 0.6) is 5.75 Å². The number of thioether (sulfide) groups is 1. The molecule has 1 atom stereocenters. The van der Waals surface area contributed by atoms with Crippen LogP contribution in [0.15, 0.2) is 60.3 Å². The number of allylic oxidation sites excluding steroid dienone is 1. The highest BCUT2D eigenvalue weighted by molar-refractivity contribution is 7.99. The fourth-order valence-corrected chi connectivity index (χ4v) is 4.32. The fourth-order valence-electron chi connectivity index (χ4n) is 3.07. The second-order valence-corrected chi connectivity index (χ2v) is 8.91. The summed E-state index contributed by atoms with van der Waals surface area (Å²) in [5, 5.41) is 15.4. The van der Waals surface area contributed by atoms with E-state index < -0.39 is 6.04 Å². The van der Waals surface area contributed by atoms with E-state index in [1.807, 2.05) is 0 Å². The maximum atomic E-state index is 12.7. The van der Waals surface area contributed by atoms with E-state index in [2.05, 4.69) is 27.4 Å². The lowest BCUT2D eigenvalue weighted by Gasteiger charge is -2.16. The van der Waals surface area contributed by atoms with Crippen LogP contribution in [0.25, 0.3) is 0 Å². The number of hydrogen-bond donors (Lipinski definition) is 2. The largest absolute Gasteiger partial charge is 0.497 e. The first kappa shape index (κ1) is 25.6. The fraction of sp³-hybridized carbons (Fsp3) is 0.217. The third-order valence-corrected chi connectivity index (χ3v) is 6.17. The highest BCUT2D eigenvalue weighted by Gasteiger charge is 2.21. The van der Waals surface area contributed by atoms with Crippen molar-refractivity contribution in [1.82, 2.24) is 20.1 Å². The number of carbonyl (C=O) groups excluding carboxylic acids is 2. The minimum Gasteiger partial charge on any atom is -0.497 e. The van der Waals surface area contributed by atoms with Gasteiger partial charge in [0.05, 0.1) is 29.5 Å². The third kappa shape index (κ3) is 6.53. The maximum Gasteiger partial charge on any atom is 0.253 e. The van der Waals surface area contributed by atoms with E-state index in [4.69, 9.17) is 27.9 Å². The van der Waals surface area contributed by atoms with Crippen LogP contribution in [-0.2, 0) is 11.3 Å². The monoisotopic (exact) mass is 519 g/mol. The minimum absolute atomic E-state index is 0.119. The zero-order valence-corrected chi connectivity index (χ0v) is 20.9. The molecule has 3 rings (SSSR count). The van der Waals surface area contributed by atoms with Gasteiger partial charge in [0.25, 0.3) is 5.91 Å². The van der Waals surface area contributed by atoms with Gasteiger partial charge in [-0.2, -0.15) is 0 Å². The predicted molar refractivity (Wildman–Crippen MR) is 135 cm³/mol. The van der Waals surface area contributed by atoms with Gasteiger partial charge in [-0.3, -0.25) is 9.59 Å². The minimum atomic E-state index is -0.480. The van der Waals surface area contributed by atoms with E-state index in [1.165, 1.54) is 17.8 Å². The highest BCUT2D eigenvalue weighted by Crippen LogP contribution is 2.24. The van der Waals surface area contributed by atoms with Crippen LogP contribution in [0.1, 0.15) is 29.1 Å². The molecule has 0 fully saturated rings. The van der Waals surface area contributed by atoms with E-state index in [-0.39, 0.29) is 22.6 Å². The van der Waals surface area contributed by atoms with Crippen molar-refractivity contribution >= 4 is 52.5 Å². The number of hydrogen-bond acceptors (Lipinski definition) is 6. The molecule has 0 radical (unpaired) electrons. The number of rotatable bonds is 10. The van der Waals surface area contributed by atoms with Crippen LogP contribution in [0.4, 0.5) is 5.69 Å². The van der Waals surface area contributed by atoms with Crippen LogP contribution < -0.4 is 15.4 Å². The Hall–Kier alpha value is -3.01. The smallest absolute Gasteiger partial charge is 0.253 e. The number of anilines is 1. The van der Waals surface area contributed by atoms with E-state index in [1.54, 1.807) is 61.1 Å². The molecule has 178 valence electrons. The molecule has 2 N–H and O–H groups in total. The first-order chi connectivity index (χ1) is 16.3. The molecule has 0 saturated heterocycles. The summed E-state index contributed by atoms with van der Waals surface area (Å²) >= 11 is 13.3. The quantitative estimate of drug-likeness (QED) is 0.288. The Balaban J connectivity index is 1.67. The molecule has 1 heterocycles. The lowest BCUT2D eigenvalue weighted by Crippen LogP contribution is -2.29. The summed E-state index contributed by atoms with van der Waals surface area (Å²) in [4.78, 5) is 25.1. The number of halogens is 2. The number of ether oxygens (including phenoxy) is 1. The van der Waals surface area contributed by atoms with Crippen LogP contribution in [0.2, 0.25) is 10.0 Å². The van der Waals surface area contributed by atoms with Crippen LogP contribution in [-0.4, -0.2) is 39.4 Å². The lowest BCUT2D eigenvalue weighted by atomic mass is 10.2. The maximum absolute atomic E-state index is 12.7. The van der Waals surface area contributed by atoms with Gasteiger partial charge in [0.1, 0.15) is 5.75 Å². The predicted octanol–water partition coefficient (Wildman–Crippen LogP) is 5.00. The number of nitrogens with zero attached hydrogens (tertiary/aromatic N) is 3. The van der Waals surface area contributed by atoms with Crippen molar-refractivity contribution in [2.24, 2.45) is 0 Å². The Labute approximate surface area is 211 Å². The van der Waals surface area contributed by atoms with Crippen LogP contribution in [0, 0.1) is 0 Å². The highest BCUT2D eigenvalue weighted by atomic mass is 35.5. The molecule has 1 aromatic heterocycles. The van der Waals surface area contributed by atoms with Crippen molar-refractivity contribution in [3.05, 3.63) is 76.6 Å². The average Bonchev–Trinajstić information content (AvgIpc) is 3.20. The summed E-state index contributed by atoms with van der Waals surface area (Å²) in [7, 11) is 1.56. The molecular formula is C23H23Cl2N5O3S. The molecule has 0 saturated carbocycles. The first-order valence-corrected chi connectivity index (χ1v) is 11.9. The van der Waals surface area contributed by atoms with Gasteiger partial charge in [-0.1, -0.05) is 47.1 Å². The Morgan fingerprint density at radius 3 is 2.74 bits per heavy atom. The second kappa shape index (κ2) is 11.9. The van der Waals surface area contributed by atoms with Gasteiger partial charge in [-0.05, 0) is 37.3 Å². The zero-order chi connectivity index (χ0) is 24.7. The first-order valence-electron chi connectivity index (χ1n) is 10.2. The van der Waals surface area contributed by atoms with E-state index in [0.717, 1.165) is 0 Å². The van der Waals surface area contributed by atoms with Crippen LogP contribution in [0.3, 0.4) is 0 Å². The molecule has 0 aliphatic rings. The van der Waals surface area contributed by atoms with Crippen molar-refractivity contribution in [1.29, 1.82) is 0 Å². The molecule has 3 aromatic rings. The van der Waals surface area contributed by atoms with Gasteiger partial charge in [0.15, 0.2) is 11.0 Å². The summed E-state index contributed by atoms with van der Waals surface area (Å²) in [6, 6.07) is 11.3. The number of aromatic nitrogens is 3. The summed E-state index contributed by atoms with van der Waals surface area (Å²) in [5.74, 6) is 0.722. The Kier molecular flexibility index (Phi) is 8.98. The van der Waals surface area contributed by atoms with Gasteiger partial charge in [-0.15, -0.1) is 16.8 Å². The van der Waals surface area contributed by atoms with Crippen molar-refractivity contribution in [3.63, 3.8) is 0 Å². The molecule has 0 aliphatic carbocycles. The van der Waals surface area contributed by atoms with Gasteiger partial charge in [-0.25, -0.2) is 0 Å². The molecular weight excluding hydrogens is 497 g/mol. The van der Waals surface area contributed by atoms with Gasteiger partial charge in [0, 0.05) is 23.3 Å². The molecule has 0 unspecified atom stereocenters. The van der Waals surface area contributed by atoms with E-state index in [9.17, 15) is 9.59 Å². The van der Waals surface area contributed by atoms with Crippen molar-refractivity contribution < 1.29 is 14.3 Å². The van der Waals surface area contributed by atoms with Crippen molar-refractivity contribution in [2.75, 3.05) is 18.2 Å². The Morgan fingerprint density at radius 2 is 2.03 bits per heavy atom. The molecule has 34 heavy (non-hydrogen) atoms. The van der Waals surface area contributed by atoms with Crippen LogP contribution >= 0.6 is 35.0 Å². The summed E-state index contributed by atoms with van der Waals surface area (Å²) in [6.07, 6.45) is 1.69. The zero-order valence-electron chi connectivity index (χ0n) is 18.5. The van der Waals surface area contributed by atoms with Gasteiger partial charge >= 0.3 is 0 Å². The molecule has 0 bridgehead atoms. The Morgan fingerprint density at radius 1 is 1.24 bits per heavy atom. The Bertz CT molecular complexity index is 1200. The summed E-state index contributed by atoms with van der Waals surface area (Å²) < 4.78 is 6.97. The normalized spacial score (nSPS) is 11.5. The third-order valence-electron chi connectivity index (χ3n) is 4.65. The molecule has 11 heteroatoms. The molecule has 0 spiro atoms. The lowest BCUT2D eigenvalue weighted by molar-refractivity contribution is -0.113. The second-order valence-electron chi connectivity index (χ2n) is 7.13. The molecule has 2 aromatic carbocycles. The standard InChI is InChI=1S/C23H23Cl2N5O3S/c1-4-10-30-21(14(2)26-22(32)18-9-8-15(24)11-19(18)25)28-29-23(30)34-13-20(31)27-16-6-5-7-17(12-16)33-3/h4-9,11-12,14H,1,10,13H2,2-3H3,(H,26,32)(H,27,31)/t14-/m1/s1. The van der Waals surface area contributed by atoms with Gasteiger partial charge in [0.2, 0.25) is 5.91 Å². The van der Waals surface area contributed by atoms with Crippen molar-refractivity contribution in [3.8, 4) is 5.75 Å². The number of nitrogens with one attached hydrogen (secondary N) is 2.